The number of nitrogens with one attached hydrogen (secondary N) is 3. The minimum absolute atomic E-state index is 0.0725. The van der Waals surface area contributed by atoms with Crippen LogP contribution in [-0.2, 0) is 14.4 Å². The van der Waals surface area contributed by atoms with Crippen LogP contribution in [0.1, 0.15) is 22.6 Å². The first-order valence-electron chi connectivity index (χ1n) is 14.3. The number of carbonyl (C=O) groups excluding carboxylic acids is 3. The van der Waals surface area contributed by atoms with E-state index in [9.17, 15) is 14.4 Å². The second-order valence-electron chi connectivity index (χ2n) is 10.7. The fraction of sp³-hybridized carbons (Fsp3) is 0.108. The van der Waals surface area contributed by atoms with Gasteiger partial charge in [0.1, 0.15) is 0 Å². The summed E-state index contributed by atoms with van der Waals surface area (Å²) in [6.45, 7) is 0. The van der Waals surface area contributed by atoms with Crippen molar-refractivity contribution in [2.45, 2.75) is 5.92 Å². The zero-order chi connectivity index (χ0) is 29.6. The Morgan fingerprint density at radius 1 is 0.395 bits per heavy atom. The van der Waals surface area contributed by atoms with Crippen molar-refractivity contribution < 1.29 is 14.4 Å². The van der Waals surface area contributed by atoms with Gasteiger partial charge >= 0.3 is 0 Å². The van der Waals surface area contributed by atoms with Gasteiger partial charge < -0.3 is 16.0 Å². The zero-order valence-corrected chi connectivity index (χ0v) is 23.4. The van der Waals surface area contributed by atoms with E-state index in [1.54, 1.807) is 0 Å². The topological polar surface area (TPSA) is 87.3 Å². The number of carbonyl (C=O) groups is 3. The Labute approximate surface area is 250 Å². The number of anilines is 3. The molecule has 0 aromatic heterocycles. The molecule has 0 aliphatic heterocycles. The van der Waals surface area contributed by atoms with Crippen LogP contribution >= 0.6 is 0 Å². The van der Waals surface area contributed by atoms with Gasteiger partial charge in [0.25, 0.3) is 0 Å². The molecule has 3 amide bonds. The normalized spacial score (nSPS) is 15.6. The van der Waals surface area contributed by atoms with Crippen LogP contribution in [0.2, 0.25) is 0 Å². The molecular weight excluding hydrogens is 534 g/mol. The number of allylic oxidation sites excluding steroid dienone is 6. The smallest absolute Gasteiger partial charge is 0.235 e. The number of hydrogen-bond donors (Lipinski definition) is 3. The van der Waals surface area contributed by atoms with E-state index >= 15 is 0 Å². The lowest BCUT2D eigenvalue weighted by Gasteiger charge is -2.21. The van der Waals surface area contributed by atoms with Gasteiger partial charge in [-0.1, -0.05) is 109 Å². The lowest BCUT2D eigenvalue weighted by Crippen LogP contribution is -2.19. The lowest BCUT2D eigenvalue weighted by atomic mass is 9.85. The molecule has 0 unspecified atom stereocenters. The zero-order valence-electron chi connectivity index (χ0n) is 23.4. The van der Waals surface area contributed by atoms with Crippen LogP contribution in [0, 0.1) is 17.8 Å². The second kappa shape index (κ2) is 12.6. The third-order valence-electron chi connectivity index (χ3n) is 7.69. The van der Waals surface area contributed by atoms with Gasteiger partial charge in [0.2, 0.25) is 17.7 Å². The molecule has 0 radical (unpaired) electrons. The molecule has 3 aliphatic carbocycles. The number of amides is 3. The van der Waals surface area contributed by atoms with E-state index in [2.05, 4.69) is 16.0 Å². The maximum Gasteiger partial charge on any atom is 0.235 e. The average molecular weight is 566 g/mol. The molecule has 0 heterocycles. The van der Waals surface area contributed by atoms with Gasteiger partial charge in [-0.3, -0.25) is 14.4 Å². The number of rotatable bonds is 9. The Morgan fingerprint density at radius 3 is 0.860 bits per heavy atom. The summed E-state index contributed by atoms with van der Waals surface area (Å²) < 4.78 is 0. The van der Waals surface area contributed by atoms with Crippen molar-refractivity contribution in [3.8, 4) is 0 Å². The summed E-state index contributed by atoms with van der Waals surface area (Å²) in [6, 6.07) is 23.6. The van der Waals surface area contributed by atoms with Crippen LogP contribution in [0.4, 0.5) is 17.1 Å². The molecule has 43 heavy (non-hydrogen) atoms. The summed E-state index contributed by atoms with van der Waals surface area (Å²) in [7, 11) is 0. The van der Waals surface area contributed by atoms with Crippen molar-refractivity contribution in [2.24, 2.45) is 17.8 Å². The Bertz CT molecular complexity index is 1450. The van der Waals surface area contributed by atoms with Crippen molar-refractivity contribution in [3.63, 3.8) is 0 Å². The van der Waals surface area contributed by atoms with Gasteiger partial charge in [-0.25, -0.2) is 0 Å². The first-order chi connectivity index (χ1) is 21.0. The third kappa shape index (κ3) is 6.54. The predicted molar refractivity (Wildman–Crippen MR) is 171 cm³/mol. The van der Waals surface area contributed by atoms with E-state index in [1.807, 2.05) is 146 Å². The number of benzene rings is 3. The van der Waals surface area contributed by atoms with E-state index in [-0.39, 0.29) is 41.4 Å². The Morgan fingerprint density at radius 2 is 0.628 bits per heavy atom. The molecule has 0 spiro atoms. The molecule has 0 bridgehead atoms. The minimum Gasteiger partial charge on any atom is -0.325 e. The standard InChI is InChI=1S/C37H31N3O3/c41-35(28-7-1-2-8-28)38-31-19-13-25(14-20-31)34(26-15-21-32(22-16-26)39-36(42)29-9-3-4-10-29)27-17-23-33(24-18-27)40-37(43)30-11-5-6-12-30/h1-24,28-30,34H,(H,38,41)(H,39,42)(H,40,43). The fourth-order valence-electron chi connectivity index (χ4n) is 5.35. The van der Waals surface area contributed by atoms with Crippen molar-refractivity contribution in [2.75, 3.05) is 16.0 Å². The van der Waals surface area contributed by atoms with Crippen LogP contribution in [0.15, 0.2) is 146 Å². The van der Waals surface area contributed by atoms with E-state index < -0.39 is 0 Å². The molecule has 0 saturated heterocycles. The summed E-state index contributed by atoms with van der Waals surface area (Å²) in [5.41, 5.74) is 5.28. The van der Waals surface area contributed by atoms with Crippen LogP contribution in [-0.4, -0.2) is 17.7 Å². The summed E-state index contributed by atoms with van der Waals surface area (Å²) in [6.07, 6.45) is 22.4. The summed E-state index contributed by atoms with van der Waals surface area (Å²) in [5.74, 6) is -1.11. The van der Waals surface area contributed by atoms with Crippen molar-refractivity contribution in [3.05, 3.63) is 162 Å². The molecular formula is C37H31N3O3. The second-order valence-corrected chi connectivity index (χ2v) is 10.7. The van der Waals surface area contributed by atoms with E-state index in [1.165, 1.54) is 0 Å². The van der Waals surface area contributed by atoms with E-state index in [0.29, 0.717) is 0 Å². The Balaban J connectivity index is 1.23. The van der Waals surface area contributed by atoms with Gasteiger partial charge in [0.05, 0.1) is 17.8 Å². The van der Waals surface area contributed by atoms with Gasteiger partial charge in [-0.05, 0) is 53.1 Å². The molecule has 0 atom stereocenters. The van der Waals surface area contributed by atoms with Crippen LogP contribution in [0.3, 0.4) is 0 Å². The molecule has 6 nitrogen and oxygen atoms in total. The highest BCUT2D eigenvalue weighted by Crippen LogP contribution is 2.34. The van der Waals surface area contributed by atoms with Gasteiger partial charge in [0.15, 0.2) is 0 Å². The third-order valence-corrected chi connectivity index (χ3v) is 7.69. The molecule has 0 saturated carbocycles. The van der Waals surface area contributed by atoms with Crippen molar-refractivity contribution in [1.29, 1.82) is 0 Å². The molecule has 212 valence electrons. The fourth-order valence-corrected chi connectivity index (χ4v) is 5.35. The molecule has 3 aliphatic rings. The molecule has 3 aromatic carbocycles. The molecule has 6 heteroatoms. The highest BCUT2D eigenvalue weighted by atomic mass is 16.2. The lowest BCUT2D eigenvalue weighted by molar-refractivity contribution is -0.118. The minimum atomic E-state index is -0.258. The quantitative estimate of drug-likeness (QED) is 0.247. The Kier molecular flexibility index (Phi) is 8.09. The molecule has 3 aromatic rings. The average Bonchev–Trinajstić information content (AvgIpc) is 3.84. The van der Waals surface area contributed by atoms with Crippen molar-refractivity contribution in [1.82, 2.24) is 0 Å². The van der Waals surface area contributed by atoms with E-state index in [0.717, 1.165) is 33.8 Å². The molecule has 3 N–H and O–H groups in total. The van der Waals surface area contributed by atoms with Crippen LogP contribution in [0.5, 0.6) is 0 Å². The SMILES string of the molecule is O=C(Nc1ccc(C(c2ccc(NC(=O)C3C=CC=C3)cc2)c2ccc(NC(=O)C3C=CC=C3)cc2)cc1)C1C=CC=C1. The first kappa shape index (κ1) is 27.7. The van der Waals surface area contributed by atoms with Gasteiger partial charge in [-0.15, -0.1) is 0 Å². The monoisotopic (exact) mass is 565 g/mol. The highest BCUT2D eigenvalue weighted by Gasteiger charge is 2.20. The first-order valence-corrected chi connectivity index (χ1v) is 14.3. The van der Waals surface area contributed by atoms with Crippen LogP contribution < -0.4 is 16.0 Å². The molecule has 6 rings (SSSR count). The van der Waals surface area contributed by atoms with Gasteiger partial charge in [0, 0.05) is 23.0 Å². The maximum absolute atomic E-state index is 12.6. The van der Waals surface area contributed by atoms with Crippen LogP contribution in [0.25, 0.3) is 0 Å². The number of hydrogen-bond acceptors (Lipinski definition) is 3. The van der Waals surface area contributed by atoms with Gasteiger partial charge in [-0.2, -0.15) is 0 Å². The van der Waals surface area contributed by atoms with Crippen molar-refractivity contribution >= 4 is 34.8 Å². The predicted octanol–water partition coefficient (Wildman–Crippen LogP) is 6.91. The molecule has 0 fully saturated rings. The summed E-state index contributed by atoms with van der Waals surface area (Å²) in [4.78, 5) is 37.7. The highest BCUT2D eigenvalue weighted by molar-refractivity contribution is 5.96. The summed E-state index contributed by atoms with van der Waals surface area (Å²) >= 11 is 0. The summed E-state index contributed by atoms with van der Waals surface area (Å²) in [5, 5.41) is 8.96. The Hall–Kier alpha value is -5.49. The largest absolute Gasteiger partial charge is 0.325 e. The van der Waals surface area contributed by atoms with E-state index in [4.69, 9.17) is 0 Å². The maximum atomic E-state index is 12.6.